The highest BCUT2D eigenvalue weighted by molar-refractivity contribution is 5.90. The Labute approximate surface area is 120 Å². The second kappa shape index (κ2) is 6.43. The van der Waals surface area contributed by atoms with E-state index in [1.54, 1.807) is 0 Å². The van der Waals surface area contributed by atoms with E-state index in [4.69, 9.17) is 0 Å². The normalized spacial score (nSPS) is 10.5. The van der Waals surface area contributed by atoms with Gasteiger partial charge in [0.25, 0.3) is 0 Å². The molecule has 0 aromatic heterocycles. The Hall–Kier alpha value is -2.30. The number of carbonyl (C=O) groups excluding carboxylic acids is 1. The second-order valence-corrected chi connectivity index (χ2v) is 4.76. The van der Waals surface area contributed by atoms with Crippen molar-refractivity contribution < 1.29 is 18.0 Å². The van der Waals surface area contributed by atoms with E-state index in [0.717, 1.165) is 23.3 Å². The van der Waals surface area contributed by atoms with Crippen LogP contribution in [0.2, 0.25) is 0 Å². The number of amides is 1. The molecule has 0 radical (unpaired) electrons. The van der Waals surface area contributed by atoms with Crippen molar-refractivity contribution >= 4 is 11.6 Å². The van der Waals surface area contributed by atoms with Gasteiger partial charge in [-0.3, -0.25) is 4.79 Å². The molecule has 2 nitrogen and oxygen atoms in total. The minimum absolute atomic E-state index is 0.127. The second-order valence-electron chi connectivity index (χ2n) is 4.76. The molecule has 2 aromatic rings. The summed E-state index contributed by atoms with van der Waals surface area (Å²) in [5.41, 5.74) is 1.71. The molecule has 5 heteroatoms. The summed E-state index contributed by atoms with van der Waals surface area (Å²) in [6.07, 6.45) is 0.612. The topological polar surface area (TPSA) is 29.1 Å². The van der Waals surface area contributed by atoms with Crippen molar-refractivity contribution in [3.63, 3.8) is 0 Å². The first-order valence-electron chi connectivity index (χ1n) is 6.46. The highest BCUT2D eigenvalue weighted by Crippen LogP contribution is 2.20. The molecule has 2 rings (SSSR count). The van der Waals surface area contributed by atoms with Gasteiger partial charge >= 0.3 is 0 Å². The van der Waals surface area contributed by atoms with E-state index < -0.39 is 23.4 Å². The van der Waals surface area contributed by atoms with Gasteiger partial charge in [0.1, 0.15) is 0 Å². The summed E-state index contributed by atoms with van der Waals surface area (Å²) in [5, 5.41) is 2.24. The van der Waals surface area contributed by atoms with Gasteiger partial charge in [-0.05, 0) is 31.0 Å². The zero-order valence-electron chi connectivity index (χ0n) is 11.4. The van der Waals surface area contributed by atoms with Gasteiger partial charge in [0.2, 0.25) is 5.91 Å². The smallest absolute Gasteiger partial charge is 0.224 e. The third-order valence-corrected chi connectivity index (χ3v) is 3.03. The predicted molar refractivity (Wildman–Crippen MR) is 74.4 cm³/mol. The Kier molecular flexibility index (Phi) is 4.62. The summed E-state index contributed by atoms with van der Waals surface area (Å²) in [4.78, 5) is 11.7. The van der Waals surface area contributed by atoms with E-state index in [0.29, 0.717) is 6.42 Å². The van der Waals surface area contributed by atoms with Crippen LogP contribution in [0.1, 0.15) is 17.5 Å². The Morgan fingerprint density at radius 1 is 1.10 bits per heavy atom. The monoisotopic (exact) mass is 293 g/mol. The molecule has 0 aliphatic carbocycles. The molecule has 1 amide bonds. The molecule has 110 valence electrons. The number of hydrogen-bond donors (Lipinski definition) is 1. The predicted octanol–water partition coefficient (Wildman–Crippen LogP) is 3.98. The van der Waals surface area contributed by atoms with Crippen LogP contribution in [0.25, 0.3) is 0 Å². The maximum Gasteiger partial charge on any atom is 0.224 e. The zero-order valence-corrected chi connectivity index (χ0v) is 11.4. The Morgan fingerprint density at radius 2 is 1.86 bits per heavy atom. The van der Waals surface area contributed by atoms with Crippen molar-refractivity contribution in [2.75, 3.05) is 5.32 Å². The SMILES string of the molecule is Cc1cccc(CCC(=O)Nc2ccc(F)c(F)c2F)c1. The van der Waals surface area contributed by atoms with E-state index in [1.165, 1.54) is 0 Å². The van der Waals surface area contributed by atoms with Gasteiger partial charge in [0, 0.05) is 6.42 Å². The van der Waals surface area contributed by atoms with Crippen LogP contribution in [0, 0.1) is 24.4 Å². The van der Waals surface area contributed by atoms with Crippen molar-refractivity contribution in [1.29, 1.82) is 0 Å². The molecule has 0 unspecified atom stereocenters. The standard InChI is InChI=1S/C16H14F3NO/c1-10-3-2-4-11(9-10)5-8-14(21)20-13-7-6-12(17)15(18)16(13)19/h2-4,6-7,9H,5,8H2,1H3,(H,20,21). The fraction of sp³-hybridized carbons (Fsp3) is 0.188. The Balaban J connectivity index is 1.98. The van der Waals surface area contributed by atoms with Crippen LogP contribution in [-0.4, -0.2) is 5.91 Å². The highest BCUT2D eigenvalue weighted by Gasteiger charge is 2.15. The molecule has 21 heavy (non-hydrogen) atoms. The molecule has 0 bridgehead atoms. The van der Waals surface area contributed by atoms with Crippen molar-refractivity contribution in [3.8, 4) is 0 Å². The van der Waals surface area contributed by atoms with Crippen molar-refractivity contribution in [2.24, 2.45) is 0 Å². The summed E-state index contributed by atoms with van der Waals surface area (Å²) >= 11 is 0. The number of carbonyl (C=O) groups is 1. The molecule has 1 N–H and O–H groups in total. The third-order valence-electron chi connectivity index (χ3n) is 3.03. The number of aryl methyl sites for hydroxylation is 2. The van der Waals surface area contributed by atoms with Gasteiger partial charge in [-0.2, -0.15) is 0 Å². The number of rotatable bonds is 4. The summed E-state index contributed by atoms with van der Waals surface area (Å²) in [6.45, 7) is 1.94. The zero-order chi connectivity index (χ0) is 15.4. The molecule has 0 aliphatic rings. The first-order chi connectivity index (χ1) is 9.97. The van der Waals surface area contributed by atoms with Gasteiger partial charge in [-0.25, -0.2) is 13.2 Å². The number of halogens is 3. The van der Waals surface area contributed by atoms with E-state index >= 15 is 0 Å². The lowest BCUT2D eigenvalue weighted by Gasteiger charge is -2.07. The Bertz CT molecular complexity index is 671. The largest absolute Gasteiger partial charge is 0.323 e. The lowest BCUT2D eigenvalue weighted by atomic mass is 10.1. The van der Waals surface area contributed by atoms with Crippen LogP contribution in [0.4, 0.5) is 18.9 Å². The number of anilines is 1. The highest BCUT2D eigenvalue weighted by atomic mass is 19.2. The van der Waals surface area contributed by atoms with Gasteiger partial charge in [-0.15, -0.1) is 0 Å². The molecule has 0 fully saturated rings. The van der Waals surface area contributed by atoms with Gasteiger partial charge in [0.05, 0.1) is 5.69 Å². The maximum atomic E-state index is 13.4. The number of nitrogens with one attached hydrogen (secondary N) is 1. The van der Waals surface area contributed by atoms with Gasteiger partial charge in [0.15, 0.2) is 17.5 Å². The van der Waals surface area contributed by atoms with Gasteiger partial charge in [-0.1, -0.05) is 29.8 Å². The summed E-state index contributed by atoms with van der Waals surface area (Å²) in [7, 11) is 0. The first kappa shape index (κ1) is 15.1. The van der Waals surface area contributed by atoms with Crippen LogP contribution in [0.3, 0.4) is 0 Å². The van der Waals surface area contributed by atoms with Crippen LogP contribution >= 0.6 is 0 Å². The quantitative estimate of drug-likeness (QED) is 0.849. The number of benzene rings is 2. The van der Waals surface area contributed by atoms with E-state index in [9.17, 15) is 18.0 Å². The molecule has 2 aromatic carbocycles. The van der Waals surface area contributed by atoms with E-state index in [1.807, 2.05) is 31.2 Å². The molecule has 0 saturated heterocycles. The van der Waals surface area contributed by atoms with Crippen molar-refractivity contribution in [3.05, 3.63) is 65.0 Å². The van der Waals surface area contributed by atoms with Gasteiger partial charge < -0.3 is 5.32 Å². The van der Waals surface area contributed by atoms with Crippen LogP contribution < -0.4 is 5.32 Å². The first-order valence-corrected chi connectivity index (χ1v) is 6.46. The average Bonchev–Trinajstić information content (AvgIpc) is 2.46. The lowest BCUT2D eigenvalue weighted by Crippen LogP contribution is -2.14. The molecule has 0 atom stereocenters. The molecule has 0 saturated carbocycles. The van der Waals surface area contributed by atoms with E-state index in [2.05, 4.69) is 5.32 Å². The molecular weight excluding hydrogens is 279 g/mol. The fourth-order valence-corrected chi connectivity index (χ4v) is 1.96. The number of hydrogen-bond acceptors (Lipinski definition) is 1. The van der Waals surface area contributed by atoms with Crippen LogP contribution in [-0.2, 0) is 11.2 Å². The molecule has 0 aliphatic heterocycles. The maximum absolute atomic E-state index is 13.4. The molecular formula is C16H14F3NO. The summed E-state index contributed by atoms with van der Waals surface area (Å²) in [5.74, 6) is -4.72. The van der Waals surface area contributed by atoms with Crippen molar-refractivity contribution in [1.82, 2.24) is 0 Å². The Morgan fingerprint density at radius 3 is 2.57 bits per heavy atom. The average molecular weight is 293 g/mol. The minimum atomic E-state index is -1.59. The third kappa shape index (κ3) is 3.84. The molecule has 0 heterocycles. The fourth-order valence-electron chi connectivity index (χ4n) is 1.96. The minimum Gasteiger partial charge on any atom is -0.323 e. The van der Waals surface area contributed by atoms with E-state index in [-0.39, 0.29) is 12.1 Å². The summed E-state index contributed by atoms with van der Waals surface area (Å²) in [6, 6.07) is 9.44. The van der Waals surface area contributed by atoms with Crippen molar-refractivity contribution in [2.45, 2.75) is 19.8 Å². The summed E-state index contributed by atoms with van der Waals surface area (Å²) < 4.78 is 39.2. The van der Waals surface area contributed by atoms with Crippen LogP contribution in [0.15, 0.2) is 36.4 Å². The van der Waals surface area contributed by atoms with Crippen LogP contribution in [0.5, 0.6) is 0 Å². The molecule has 0 spiro atoms. The lowest BCUT2D eigenvalue weighted by molar-refractivity contribution is -0.116.